The molecule has 0 heterocycles. The van der Waals surface area contributed by atoms with E-state index >= 15 is 0 Å². The average Bonchev–Trinajstić information content (AvgIpc) is 2.55. The molecule has 0 radical (unpaired) electrons. The highest BCUT2D eigenvalue weighted by Gasteiger charge is 2.02. The first-order valence-electron chi connectivity index (χ1n) is 8.12. The van der Waals surface area contributed by atoms with E-state index in [2.05, 4.69) is 68.2 Å². The van der Waals surface area contributed by atoms with Crippen molar-refractivity contribution in [1.29, 1.82) is 0 Å². The molecule has 1 nitrogen and oxygen atoms in total. The van der Waals surface area contributed by atoms with Crippen molar-refractivity contribution in [3.05, 3.63) is 84.1 Å². The van der Waals surface area contributed by atoms with Crippen molar-refractivity contribution in [3.8, 4) is 0 Å². The molecular formula is C21H29N. The van der Waals surface area contributed by atoms with Crippen LogP contribution in [0.25, 0.3) is 0 Å². The summed E-state index contributed by atoms with van der Waals surface area (Å²) < 4.78 is 0. The van der Waals surface area contributed by atoms with E-state index in [1.54, 1.807) is 6.08 Å². The van der Waals surface area contributed by atoms with E-state index in [-0.39, 0.29) is 0 Å². The summed E-state index contributed by atoms with van der Waals surface area (Å²) in [6.07, 6.45) is 15.6. The fourth-order valence-electron chi connectivity index (χ4n) is 2.22. The Bertz CT molecular complexity index is 517. The van der Waals surface area contributed by atoms with Crippen LogP contribution < -0.4 is 5.32 Å². The van der Waals surface area contributed by atoms with Crippen molar-refractivity contribution in [2.45, 2.75) is 39.0 Å². The Morgan fingerprint density at radius 2 is 1.91 bits per heavy atom. The van der Waals surface area contributed by atoms with Gasteiger partial charge in [0.1, 0.15) is 0 Å². The lowest BCUT2D eigenvalue weighted by molar-refractivity contribution is 0.870. The largest absolute Gasteiger partial charge is 0.391 e. The van der Waals surface area contributed by atoms with Gasteiger partial charge in [-0.25, -0.2) is 0 Å². The van der Waals surface area contributed by atoms with Crippen LogP contribution in [-0.2, 0) is 6.42 Å². The first-order valence-corrected chi connectivity index (χ1v) is 8.12. The molecule has 0 fully saturated rings. The van der Waals surface area contributed by atoms with Gasteiger partial charge in [0.25, 0.3) is 0 Å². The Morgan fingerprint density at radius 1 is 1.18 bits per heavy atom. The van der Waals surface area contributed by atoms with E-state index in [1.807, 2.05) is 19.2 Å². The van der Waals surface area contributed by atoms with Crippen LogP contribution in [0.3, 0.4) is 0 Å². The summed E-state index contributed by atoms with van der Waals surface area (Å²) in [5.41, 5.74) is 4.00. The third-order valence-electron chi connectivity index (χ3n) is 3.66. The van der Waals surface area contributed by atoms with Crippen molar-refractivity contribution >= 4 is 0 Å². The maximum absolute atomic E-state index is 3.66. The quantitative estimate of drug-likeness (QED) is 0.590. The first kappa shape index (κ1) is 18.0. The van der Waals surface area contributed by atoms with Gasteiger partial charge in [-0.05, 0) is 23.5 Å². The molecular weight excluding hydrogens is 266 g/mol. The monoisotopic (exact) mass is 295 g/mol. The van der Waals surface area contributed by atoms with Gasteiger partial charge in [0.05, 0.1) is 0 Å². The van der Waals surface area contributed by atoms with E-state index in [0.29, 0.717) is 5.92 Å². The topological polar surface area (TPSA) is 12.0 Å². The predicted molar refractivity (Wildman–Crippen MR) is 99.1 cm³/mol. The number of unbranched alkanes of at least 4 members (excludes halogenated alkanes) is 1. The molecule has 0 aliphatic carbocycles. The lowest BCUT2D eigenvalue weighted by atomic mass is 9.98. The number of rotatable bonds is 9. The van der Waals surface area contributed by atoms with Gasteiger partial charge in [0.2, 0.25) is 0 Å². The van der Waals surface area contributed by atoms with Crippen LogP contribution in [-0.4, -0.2) is 7.05 Å². The van der Waals surface area contributed by atoms with Crippen molar-refractivity contribution in [1.82, 2.24) is 5.32 Å². The van der Waals surface area contributed by atoms with E-state index < -0.39 is 0 Å². The fourth-order valence-corrected chi connectivity index (χ4v) is 2.22. The van der Waals surface area contributed by atoms with Crippen molar-refractivity contribution in [2.75, 3.05) is 7.05 Å². The molecule has 0 bridgehead atoms. The maximum atomic E-state index is 3.66. The Labute approximate surface area is 136 Å². The second-order valence-corrected chi connectivity index (χ2v) is 5.48. The van der Waals surface area contributed by atoms with Crippen LogP contribution in [0.2, 0.25) is 0 Å². The van der Waals surface area contributed by atoms with Gasteiger partial charge in [0.15, 0.2) is 0 Å². The molecule has 1 atom stereocenters. The highest BCUT2D eigenvalue weighted by Crippen LogP contribution is 2.18. The van der Waals surface area contributed by atoms with Gasteiger partial charge < -0.3 is 5.32 Å². The zero-order valence-electron chi connectivity index (χ0n) is 14.2. The zero-order valence-corrected chi connectivity index (χ0v) is 14.2. The van der Waals surface area contributed by atoms with E-state index in [9.17, 15) is 0 Å². The van der Waals surface area contributed by atoms with Crippen molar-refractivity contribution in [2.24, 2.45) is 0 Å². The van der Waals surface area contributed by atoms with Crippen LogP contribution >= 0.6 is 0 Å². The molecule has 0 aliphatic heterocycles. The van der Waals surface area contributed by atoms with Crippen LogP contribution in [0.15, 0.2) is 73.0 Å². The molecule has 1 heteroatoms. The predicted octanol–water partition coefficient (Wildman–Crippen LogP) is 5.53. The Kier molecular flexibility index (Phi) is 8.74. The lowest BCUT2D eigenvalue weighted by Gasteiger charge is -2.10. The zero-order chi connectivity index (χ0) is 16.2. The van der Waals surface area contributed by atoms with Crippen molar-refractivity contribution < 1.29 is 0 Å². The summed E-state index contributed by atoms with van der Waals surface area (Å²) in [4.78, 5) is 0. The molecule has 0 amide bonds. The van der Waals surface area contributed by atoms with Gasteiger partial charge in [0, 0.05) is 19.2 Å². The fraction of sp³-hybridized carbons (Fsp3) is 0.333. The van der Waals surface area contributed by atoms with Gasteiger partial charge in [-0.15, -0.1) is 0 Å². The van der Waals surface area contributed by atoms with Crippen LogP contribution in [0.4, 0.5) is 0 Å². The molecule has 1 rings (SSSR count). The van der Waals surface area contributed by atoms with E-state index in [0.717, 1.165) is 12.8 Å². The summed E-state index contributed by atoms with van der Waals surface area (Å²) >= 11 is 0. The van der Waals surface area contributed by atoms with Gasteiger partial charge >= 0.3 is 0 Å². The molecule has 1 aromatic rings. The molecule has 0 saturated carbocycles. The summed E-state index contributed by atoms with van der Waals surface area (Å²) in [6, 6.07) is 8.93. The molecule has 118 valence electrons. The number of hydrogen-bond acceptors (Lipinski definition) is 1. The summed E-state index contributed by atoms with van der Waals surface area (Å²) in [5, 5.41) is 3.30. The Morgan fingerprint density at radius 3 is 2.50 bits per heavy atom. The number of likely N-dealkylation sites (N-methyl/N-ethyl adjacent to an activating group) is 1. The Hall–Kier alpha value is -2.02. The van der Waals surface area contributed by atoms with Crippen LogP contribution in [0.1, 0.15) is 43.7 Å². The minimum atomic E-state index is 0.419. The molecule has 0 spiro atoms. The smallest absolute Gasteiger partial charge is 0.0119 e. The maximum Gasteiger partial charge on any atom is 0.0119 e. The van der Waals surface area contributed by atoms with E-state index in [4.69, 9.17) is 0 Å². The second kappa shape index (κ2) is 10.7. The molecule has 0 aliphatic rings. The lowest BCUT2D eigenvalue weighted by Crippen LogP contribution is -2.08. The molecule has 0 aromatic heterocycles. The molecule has 22 heavy (non-hydrogen) atoms. The highest BCUT2D eigenvalue weighted by molar-refractivity contribution is 5.30. The Balaban J connectivity index is 2.67. The number of nitrogens with one attached hydrogen (secondary N) is 1. The SMILES string of the molecule is C=C/C=C\C=C/C(C)c1ccc(C/C(=C/CCC)NC)cc1. The average molecular weight is 295 g/mol. The molecule has 0 saturated heterocycles. The number of hydrogen-bond donors (Lipinski definition) is 1. The molecule has 1 unspecified atom stereocenters. The minimum absolute atomic E-state index is 0.419. The number of benzene rings is 1. The number of allylic oxidation sites excluding steroid dienone is 7. The highest BCUT2D eigenvalue weighted by atomic mass is 14.8. The summed E-state index contributed by atoms with van der Waals surface area (Å²) in [7, 11) is 2.00. The second-order valence-electron chi connectivity index (χ2n) is 5.48. The first-order chi connectivity index (χ1) is 10.7. The van der Waals surface area contributed by atoms with E-state index in [1.165, 1.54) is 23.2 Å². The minimum Gasteiger partial charge on any atom is -0.391 e. The van der Waals surface area contributed by atoms with Gasteiger partial charge in [-0.3, -0.25) is 0 Å². The summed E-state index contributed by atoms with van der Waals surface area (Å²) in [6.45, 7) is 8.09. The molecule has 1 aromatic carbocycles. The van der Waals surface area contributed by atoms with Gasteiger partial charge in [-0.1, -0.05) is 87.6 Å². The standard InChI is InChI=1S/C21H29N/c1-5-7-9-10-11-18(3)20-15-13-19(14-16-20)17-21(22-4)12-8-6-2/h5,7,9-16,18,22H,1,6,8,17H2,2-4H3/b9-7-,11-10-,21-12-. The van der Waals surface area contributed by atoms with Crippen LogP contribution in [0.5, 0.6) is 0 Å². The third-order valence-corrected chi connectivity index (χ3v) is 3.66. The normalized spacial score (nSPS) is 13.7. The van der Waals surface area contributed by atoms with Crippen LogP contribution in [0, 0.1) is 0 Å². The molecule has 1 N–H and O–H groups in total. The third kappa shape index (κ3) is 6.62. The van der Waals surface area contributed by atoms with Gasteiger partial charge in [-0.2, -0.15) is 0 Å². The van der Waals surface area contributed by atoms with Crippen molar-refractivity contribution in [3.63, 3.8) is 0 Å². The summed E-state index contributed by atoms with van der Waals surface area (Å²) in [5.74, 6) is 0.419.